The van der Waals surface area contributed by atoms with Gasteiger partial charge in [-0.05, 0) is 60.8 Å². The lowest BCUT2D eigenvalue weighted by Crippen LogP contribution is -2.51. The van der Waals surface area contributed by atoms with Gasteiger partial charge in [0, 0.05) is 35.7 Å². The molecule has 3 aromatic rings. The number of carbonyl (C=O) groups is 1. The molecule has 1 aliphatic rings. The number of halogens is 5. The lowest BCUT2D eigenvalue weighted by Gasteiger charge is -2.38. The van der Waals surface area contributed by atoms with E-state index >= 15 is 0 Å². The standard InChI is InChI=1S/C25H21F5N2O2/c1-15(18-12-32(13-18)14-23(26)27)31-24(33)17-5-10-21-16(11-17)3-2-4-22(21)34-20-8-6-19(7-9-20)25(28,29)30/h2-11,18,23H,12-14H2,1H3/b31-15+. The molecule has 0 atom stereocenters. The number of benzene rings is 3. The third-order valence-electron chi connectivity index (χ3n) is 5.72. The Labute approximate surface area is 192 Å². The highest BCUT2D eigenvalue weighted by atomic mass is 19.4. The van der Waals surface area contributed by atoms with Crippen molar-refractivity contribution in [2.45, 2.75) is 19.5 Å². The van der Waals surface area contributed by atoms with E-state index in [1.165, 1.54) is 12.1 Å². The number of rotatable bonds is 6. The highest BCUT2D eigenvalue weighted by Gasteiger charge is 2.31. The number of nitrogens with zero attached hydrogens (tertiary/aromatic N) is 2. The third-order valence-corrected chi connectivity index (χ3v) is 5.72. The van der Waals surface area contributed by atoms with Crippen LogP contribution in [0.2, 0.25) is 0 Å². The van der Waals surface area contributed by atoms with Crippen LogP contribution in [0.3, 0.4) is 0 Å². The largest absolute Gasteiger partial charge is 0.457 e. The maximum absolute atomic E-state index is 12.8. The number of aliphatic imine (C=N–C) groups is 1. The van der Waals surface area contributed by atoms with Crippen LogP contribution >= 0.6 is 0 Å². The van der Waals surface area contributed by atoms with Gasteiger partial charge in [-0.3, -0.25) is 9.69 Å². The Morgan fingerprint density at radius 2 is 1.79 bits per heavy atom. The number of fused-ring (bicyclic) bond motifs is 1. The molecular weight excluding hydrogens is 455 g/mol. The Bertz CT molecular complexity index is 1220. The summed E-state index contributed by atoms with van der Waals surface area (Å²) in [6, 6.07) is 14.6. The van der Waals surface area contributed by atoms with E-state index in [0.717, 1.165) is 12.1 Å². The number of likely N-dealkylation sites (tertiary alicyclic amines) is 1. The predicted octanol–water partition coefficient (Wildman–Crippen LogP) is 6.45. The molecule has 0 bridgehead atoms. The smallest absolute Gasteiger partial charge is 0.416 e. The van der Waals surface area contributed by atoms with Crippen molar-refractivity contribution in [2.75, 3.05) is 19.6 Å². The van der Waals surface area contributed by atoms with Gasteiger partial charge in [0.05, 0.1) is 12.1 Å². The second-order valence-electron chi connectivity index (χ2n) is 8.18. The van der Waals surface area contributed by atoms with E-state index in [1.807, 2.05) is 0 Å². The van der Waals surface area contributed by atoms with E-state index in [2.05, 4.69) is 4.99 Å². The minimum atomic E-state index is -4.42. The number of amides is 1. The van der Waals surface area contributed by atoms with Gasteiger partial charge in [-0.15, -0.1) is 0 Å². The van der Waals surface area contributed by atoms with E-state index in [1.54, 1.807) is 48.2 Å². The van der Waals surface area contributed by atoms with Crippen molar-refractivity contribution >= 4 is 22.4 Å². The first-order chi connectivity index (χ1) is 16.1. The Morgan fingerprint density at radius 3 is 2.44 bits per heavy atom. The molecule has 1 fully saturated rings. The van der Waals surface area contributed by atoms with Gasteiger partial charge in [-0.2, -0.15) is 13.2 Å². The van der Waals surface area contributed by atoms with Gasteiger partial charge in [0.2, 0.25) is 0 Å². The highest BCUT2D eigenvalue weighted by Crippen LogP contribution is 2.34. The lowest BCUT2D eigenvalue weighted by atomic mass is 9.95. The van der Waals surface area contributed by atoms with Crippen LogP contribution in [0.15, 0.2) is 65.7 Å². The highest BCUT2D eigenvalue weighted by molar-refractivity contribution is 6.06. The zero-order chi connectivity index (χ0) is 24.5. The van der Waals surface area contributed by atoms with Crippen molar-refractivity contribution in [2.24, 2.45) is 10.9 Å². The normalized spacial score (nSPS) is 15.6. The van der Waals surface area contributed by atoms with E-state index in [4.69, 9.17) is 4.74 Å². The maximum atomic E-state index is 12.8. The summed E-state index contributed by atoms with van der Waals surface area (Å²) in [4.78, 5) is 18.4. The van der Waals surface area contributed by atoms with Crippen LogP contribution in [-0.2, 0) is 6.18 Å². The van der Waals surface area contributed by atoms with Crippen LogP contribution in [0.4, 0.5) is 22.0 Å². The summed E-state index contributed by atoms with van der Waals surface area (Å²) in [6.45, 7) is 2.35. The molecule has 4 nitrogen and oxygen atoms in total. The number of hydrogen-bond acceptors (Lipinski definition) is 3. The zero-order valence-corrected chi connectivity index (χ0v) is 18.2. The number of carbonyl (C=O) groups excluding carboxylic acids is 1. The number of ether oxygens (including phenoxy) is 1. The molecule has 0 radical (unpaired) electrons. The molecule has 0 saturated carbocycles. The topological polar surface area (TPSA) is 41.9 Å². The molecule has 178 valence electrons. The second-order valence-corrected chi connectivity index (χ2v) is 8.18. The molecule has 1 aliphatic heterocycles. The third kappa shape index (κ3) is 5.41. The van der Waals surface area contributed by atoms with Gasteiger partial charge in [0.1, 0.15) is 11.5 Å². The summed E-state index contributed by atoms with van der Waals surface area (Å²) < 4.78 is 68.9. The first-order valence-electron chi connectivity index (χ1n) is 10.6. The molecule has 9 heteroatoms. The Hall–Kier alpha value is -3.33. The van der Waals surface area contributed by atoms with Crippen LogP contribution < -0.4 is 4.74 Å². The molecule has 4 rings (SSSR count). The quantitative estimate of drug-likeness (QED) is 0.303. The summed E-state index contributed by atoms with van der Waals surface area (Å²) in [6.07, 6.45) is -6.81. The Balaban J connectivity index is 1.48. The molecule has 1 saturated heterocycles. The SMILES string of the molecule is C/C(=N\C(=O)c1ccc2c(Oc3ccc(C(F)(F)F)cc3)cccc2c1)C1CN(CC(F)F)C1. The summed E-state index contributed by atoms with van der Waals surface area (Å²) in [5.41, 5.74) is 0.206. The van der Waals surface area contributed by atoms with Crippen LogP contribution in [0.5, 0.6) is 11.5 Å². The van der Waals surface area contributed by atoms with Crippen LogP contribution in [-0.4, -0.2) is 42.6 Å². The first kappa shape index (κ1) is 23.8. The Morgan fingerprint density at radius 1 is 1.09 bits per heavy atom. The van der Waals surface area contributed by atoms with Crippen molar-refractivity contribution in [1.29, 1.82) is 0 Å². The van der Waals surface area contributed by atoms with Gasteiger partial charge < -0.3 is 4.74 Å². The summed E-state index contributed by atoms with van der Waals surface area (Å²) in [5.74, 6) is 0.236. The van der Waals surface area contributed by atoms with Crippen LogP contribution in [0.25, 0.3) is 10.8 Å². The molecule has 0 aromatic heterocycles. The van der Waals surface area contributed by atoms with Crippen LogP contribution in [0.1, 0.15) is 22.8 Å². The summed E-state index contributed by atoms with van der Waals surface area (Å²) >= 11 is 0. The van der Waals surface area contributed by atoms with E-state index in [0.29, 0.717) is 40.9 Å². The summed E-state index contributed by atoms with van der Waals surface area (Å²) in [7, 11) is 0. The molecule has 0 spiro atoms. The molecule has 34 heavy (non-hydrogen) atoms. The minimum Gasteiger partial charge on any atom is -0.457 e. The van der Waals surface area contributed by atoms with E-state index < -0.39 is 24.1 Å². The molecular formula is C25H21F5N2O2. The molecule has 0 N–H and O–H groups in total. The Kier molecular flexibility index (Phi) is 6.65. The van der Waals surface area contributed by atoms with Crippen molar-refractivity contribution < 1.29 is 31.5 Å². The molecule has 3 aromatic carbocycles. The van der Waals surface area contributed by atoms with Gasteiger partial charge in [0.15, 0.2) is 0 Å². The van der Waals surface area contributed by atoms with Crippen molar-refractivity contribution in [3.8, 4) is 11.5 Å². The molecule has 1 amide bonds. The van der Waals surface area contributed by atoms with Crippen molar-refractivity contribution in [1.82, 2.24) is 4.90 Å². The predicted molar refractivity (Wildman–Crippen MR) is 119 cm³/mol. The van der Waals surface area contributed by atoms with Gasteiger partial charge in [0.25, 0.3) is 12.3 Å². The van der Waals surface area contributed by atoms with Gasteiger partial charge in [-0.1, -0.05) is 12.1 Å². The van der Waals surface area contributed by atoms with E-state index in [-0.39, 0.29) is 18.2 Å². The van der Waals surface area contributed by atoms with Crippen molar-refractivity contribution in [3.05, 3.63) is 71.8 Å². The average molecular weight is 476 g/mol. The molecule has 0 unspecified atom stereocenters. The molecule has 1 heterocycles. The fourth-order valence-electron chi connectivity index (χ4n) is 3.81. The minimum absolute atomic E-state index is 0.0214. The lowest BCUT2D eigenvalue weighted by molar-refractivity contribution is -0.137. The fraction of sp³-hybridized carbons (Fsp3) is 0.280. The first-order valence-corrected chi connectivity index (χ1v) is 10.6. The second kappa shape index (κ2) is 9.50. The van der Waals surface area contributed by atoms with Crippen LogP contribution in [0, 0.1) is 5.92 Å². The zero-order valence-electron chi connectivity index (χ0n) is 18.2. The van der Waals surface area contributed by atoms with Gasteiger partial charge >= 0.3 is 6.18 Å². The van der Waals surface area contributed by atoms with Crippen molar-refractivity contribution in [3.63, 3.8) is 0 Å². The number of alkyl halides is 5. The summed E-state index contributed by atoms with van der Waals surface area (Å²) in [5, 5.41) is 1.39. The number of hydrogen-bond donors (Lipinski definition) is 0. The molecule has 0 aliphatic carbocycles. The van der Waals surface area contributed by atoms with E-state index in [9.17, 15) is 26.7 Å². The fourth-order valence-corrected chi connectivity index (χ4v) is 3.81. The monoisotopic (exact) mass is 476 g/mol. The van der Waals surface area contributed by atoms with Gasteiger partial charge in [-0.25, -0.2) is 13.8 Å². The maximum Gasteiger partial charge on any atom is 0.416 e. The average Bonchev–Trinajstić information content (AvgIpc) is 2.75.